The molecule has 172 valence electrons. The van der Waals surface area contributed by atoms with Crippen LogP contribution < -0.4 is 5.43 Å². The Hall–Kier alpha value is -2.65. The van der Waals surface area contributed by atoms with E-state index in [4.69, 9.17) is 11.6 Å². The van der Waals surface area contributed by atoms with Crippen molar-refractivity contribution in [3.8, 4) is 0 Å². The molecule has 3 rings (SSSR count). The Labute approximate surface area is 203 Å². The predicted octanol–water partition coefficient (Wildman–Crippen LogP) is 4.71. The molecular weight excluding hydrogens is 478 g/mol. The van der Waals surface area contributed by atoms with Crippen molar-refractivity contribution < 1.29 is 13.2 Å². The van der Waals surface area contributed by atoms with Crippen LogP contribution in [0.3, 0.4) is 0 Å². The monoisotopic (exact) mass is 501 g/mol. The van der Waals surface area contributed by atoms with Crippen molar-refractivity contribution in [3.05, 3.63) is 94.5 Å². The number of hydrazone groups is 1. The first kappa shape index (κ1) is 25.0. The number of nitrogens with one attached hydrogen (secondary N) is 1. The van der Waals surface area contributed by atoms with E-state index in [1.165, 1.54) is 30.5 Å². The maximum atomic E-state index is 13.3. The van der Waals surface area contributed by atoms with E-state index in [9.17, 15) is 13.2 Å². The van der Waals surface area contributed by atoms with Crippen molar-refractivity contribution in [1.82, 2.24) is 9.73 Å². The first-order valence-electron chi connectivity index (χ1n) is 10.0. The van der Waals surface area contributed by atoms with Gasteiger partial charge in [0.05, 0.1) is 17.7 Å². The van der Waals surface area contributed by atoms with Crippen molar-refractivity contribution in [2.45, 2.75) is 23.3 Å². The van der Waals surface area contributed by atoms with Gasteiger partial charge in [-0.05, 0) is 60.7 Å². The summed E-state index contributed by atoms with van der Waals surface area (Å²) in [5.41, 5.74) is 5.06. The Morgan fingerprint density at radius 1 is 1.03 bits per heavy atom. The van der Waals surface area contributed by atoms with E-state index in [0.29, 0.717) is 5.02 Å². The third-order valence-corrected chi connectivity index (χ3v) is 7.57. The quantitative estimate of drug-likeness (QED) is 0.261. The first-order chi connectivity index (χ1) is 15.8. The second-order valence-electron chi connectivity index (χ2n) is 7.28. The van der Waals surface area contributed by atoms with E-state index in [-0.39, 0.29) is 18.0 Å². The summed E-state index contributed by atoms with van der Waals surface area (Å²) in [6.45, 7) is 1.60. The zero-order chi connectivity index (χ0) is 23.8. The Bertz CT molecular complexity index is 1210. The molecule has 0 aliphatic carbocycles. The van der Waals surface area contributed by atoms with Crippen LogP contribution in [0, 0.1) is 6.92 Å². The van der Waals surface area contributed by atoms with Crippen molar-refractivity contribution >= 4 is 45.5 Å². The number of aryl methyl sites for hydroxylation is 1. The van der Waals surface area contributed by atoms with Gasteiger partial charge in [0.1, 0.15) is 0 Å². The number of nitrogens with zero attached hydrogens (tertiary/aromatic N) is 2. The van der Waals surface area contributed by atoms with Crippen LogP contribution in [0.2, 0.25) is 5.02 Å². The number of hydrogen-bond donors (Lipinski definition) is 1. The number of amides is 1. The minimum absolute atomic E-state index is 0.0402. The molecule has 0 aromatic heterocycles. The molecule has 0 radical (unpaired) electrons. The number of carbonyl (C=O) groups excluding carboxylic acids is 1. The van der Waals surface area contributed by atoms with E-state index in [1.54, 1.807) is 11.8 Å². The molecular formula is C24H24ClN3O3S2. The van der Waals surface area contributed by atoms with Crippen molar-refractivity contribution in [1.29, 1.82) is 0 Å². The van der Waals surface area contributed by atoms with Gasteiger partial charge in [0, 0.05) is 16.5 Å². The summed E-state index contributed by atoms with van der Waals surface area (Å²) in [6.07, 6.45) is 3.50. The Morgan fingerprint density at radius 3 is 2.27 bits per heavy atom. The highest BCUT2D eigenvalue weighted by molar-refractivity contribution is 7.98. The molecule has 6 nitrogen and oxygen atoms in total. The molecule has 0 atom stereocenters. The van der Waals surface area contributed by atoms with Gasteiger partial charge in [0.25, 0.3) is 5.91 Å². The molecule has 3 aromatic rings. The minimum atomic E-state index is -3.95. The highest BCUT2D eigenvalue weighted by Crippen LogP contribution is 2.21. The predicted molar refractivity (Wildman–Crippen MR) is 134 cm³/mol. The van der Waals surface area contributed by atoms with Gasteiger partial charge in [0.2, 0.25) is 10.0 Å². The lowest BCUT2D eigenvalue weighted by Crippen LogP contribution is -2.39. The zero-order valence-corrected chi connectivity index (χ0v) is 20.6. The van der Waals surface area contributed by atoms with Crippen LogP contribution in [-0.2, 0) is 21.4 Å². The summed E-state index contributed by atoms with van der Waals surface area (Å²) in [7, 11) is -3.95. The molecule has 1 N–H and O–H groups in total. The molecule has 0 spiro atoms. The topological polar surface area (TPSA) is 78.8 Å². The standard InChI is InChI=1S/C24H24ClN3O3S2/c1-18-3-5-20(6-4-18)16-28(33(30,31)23-13-9-21(25)10-14-23)17-24(29)27-26-15-19-7-11-22(32-2)12-8-19/h3-15H,16-17H2,1-2H3,(H,27,29)/b26-15-. The second kappa shape index (κ2) is 11.5. The Kier molecular flexibility index (Phi) is 8.68. The molecule has 0 unspecified atom stereocenters. The second-order valence-corrected chi connectivity index (χ2v) is 10.5. The number of thioether (sulfide) groups is 1. The van der Waals surface area contributed by atoms with Gasteiger partial charge >= 0.3 is 0 Å². The smallest absolute Gasteiger partial charge is 0.255 e. The van der Waals surface area contributed by atoms with Crippen LogP contribution in [0.5, 0.6) is 0 Å². The van der Waals surface area contributed by atoms with Crippen LogP contribution in [0.1, 0.15) is 16.7 Å². The number of halogens is 1. The van der Waals surface area contributed by atoms with Gasteiger partial charge in [0.15, 0.2) is 0 Å². The number of rotatable bonds is 9. The largest absolute Gasteiger partial charge is 0.272 e. The van der Waals surface area contributed by atoms with E-state index in [1.807, 2.05) is 61.7 Å². The van der Waals surface area contributed by atoms with Crippen molar-refractivity contribution in [2.24, 2.45) is 5.10 Å². The lowest BCUT2D eigenvalue weighted by atomic mass is 10.1. The molecule has 0 aliphatic rings. The van der Waals surface area contributed by atoms with E-state index < -0.39 is 15.9 Å². The minimum Gasteiger partial charge on any atom is -0.272 e. The summed E-state index contributed by atoms with van der Waals surface area (Å²) in [4.78, 5) is 13.7. The van der Waals surface area contributed by atoms with Crippen LogP contribution in [-0.4, -0.2) is 37.6 Å². The number of hydrogen-bond acceptors (Lipinski definition) is 5. The van der Waals surface area contributed by atoms with E-state index in [0.717, 1.165) is 25.9 Å². The number of benzene rings is 3. The molecule has 1 amide bonds. The summed E-state index contributed by atoms with van der Waals surface area (Å²) >= 11 is 7.54. The highest BCUT2D eigenvalue weighted by Gasteiger charge is 2.27. The van der Waals surface area contributed by atoms with Crippen LogP contribution >= 0.6 is 23.4 Å². The van der Waals surface area contributed by atoms with E-state index >= 15 is 0 Å². The van der Waals surface area contributed by atoms with Gasteiger partial charge in [-0.25, -0.2) is 13.8 Å². The fourth-order valence-electron chi connectivity index (χ4n) is 2.94. The van der Waals surface area contributed by atoms with Gasteiger partial charge in [-0.1, -0.05) is 53.6 Å². The maximum Gasteiger partial charge on any atom is 0.255 e. The molecule has 0 saturated carbocycles. The third-order valence-electron chi connectivity index (χ3n) is 4.77. The average molecular weight is 502 g/mol. The van der Waals surface area contributed by atoms with Crippen molar-refractivity contribution in [2.75, 3.05) is 12.8 Å². The number of carbonyl (C=O) groups is 1. The Balaban J connectivity index is 1.76. The molecule has 0 bridgehead atoms. The third kappa shape index (κ3) is 7.17. The number of sulfonamides is 1. The summed E-state index contributed by atoms with van der Waals surface area (Å²) in [6, 6.07) is 21.0. The molecule has 3 aromatic carbocycles. The molecule has 0 saturated heterocycles. The normalized spacial score (nSPS) is 11.8. The maximum absolute atomic E-state index is 13.3. The lowest BCUT2D eigenvalue weighted by Gasteiger charge is -2.21. The first-order valence-corrected chi connectivity index (χ1v) is 13.1. The van der Waals surface area contributed by atoms with Gasteiger partial charge in [-0.3, -0.25) is 4.79 Å². The molecule has 33 heavy (non-hydrogen) atoms. The van der Waals surface area contributed by atoms with Gasteiger partial charge in [-0.2, -0.15) is 9.41 Å². The zero-order valence-electron chi connectivity index (χ0n) is 18.2. The fourth-order valence-corrected chi connectivity index (χ4v) is 4.86. The summed E-state index contributed by atoms with van der Waals surface area (Å²) in [5.74, 6) is -0.545. The summed E-state index contributed by atoms with van der Waals surface area (Å²) < 4.78 is 27.7. The molecule has 0 heterocycles. The van der Waals surface area contributed by atoms with Crippen LogP contribution in [0.15, 0.2) is 87.7 Å². The lowest BCUT2D eigenvalue weighted by molar-refractivity contribution is -0.121. The average Bonchev–Trinajstić information content (AvgIpc) is 2.81. The highest BCUT2D eigenvalue weighted by atomic mass is 35.5. The van der Waals surface area contributed by atoms with Crippen LogP contribution in [0.25, 0.3) is 0 Å². The Morgan fingerprint density at radius 2 is 1.67 bits per heavy atom. The SMILES string of the molecule is CSc1ccc(/C=N\NC(=O)CN(Cc2ccc(C)cc2)S(=O)(=O)c2ccc(Cl)cc2)cc1. The van der Waals surface area contributed by atoms with Gasteiger partial charge < -0.3 is 0 Å². The van der Waals surface area contributed by atoms with Crippen LogP contribution in [0.4, 0.5) is 0 Å². The fraction of sp³-hybridized carbons (Fsp3) is 0.167. The molecule has 0 fully saturated rings. The van der Waals surface area contributed by atoms with E-state index in [2.05, 4.69) is 10.5 Å². The van der Waals surface area contributed by atoms with Gasteiger partial charge in [-0.15, -0.1) is 11.8 Å². The molecule has 9 heteroatoms. The van der Waals surface area contributed by atoms with Crippen molar-refractivity contribution in [3.63, 3.8) is 0 Å². The molecule has 0 aliphatic heterocycles. The summed E-state index contributed by atoms with van der Waals surface area (Å²) in [5, 5.41) is 4.39.